The smallest absolute Gasteiger partial charge is 0.303 e. The van der Waals surface area contributed by atoms with Crippen LogP contribution in [0.3, 0.4) is 0 Å². The van der Waals surface area contributed by atoms with Crippen molar-refractivity contribution in [2.75, 3.05) is 26.7 Å². The van der Waals surface area contributed by atoms with E-state index in [0.29, 0.717) is 17.7 Å². The lowest BCUT2D eigenvalue weighted by atomic mass is 10.0. The van der Waals surface area contributed by atoms with Gasteiger partial charge in [0.05, 0.1) is 24.9 Å². The van der Waals surface area contributed by atoms with Crippen molar-refractivity contribution in [3.63, 3.8) is 0 Å². The van der Waals surface area contributed by atoms with Crippen LogP contribution in [0.4, 0.5) is 0 Å². The number of pyridine rings is 1. The Morgan fingerprint density at radius 2 is 1.81 bits per heavy atom. The number of carboxylic acid groups (broad SMARTS) is 1. The summed E-state index contributed by atoms with van der Waals surface area (Å²) >= 11 is 0. The van der Waals surface area contributed by atoms with E-state index in [-0.39, 0.29) is 55.9 Å². The van der Waals surface area contributed by atoms with E-state index in [2.05, 4.69) is 10.3 Å². The maximum absolute atomic E-state index is 13.9. The molecule has 0 radical (unpaired) electrons. The minimum Gasteiger partial charge on any atom is -0.496 e. The van der Waals surface area contributed by atoms with Crippen molar-refractivity contribution in [2.24, 2.45) is 0 Å². The number of benzene rings is 2. The van der Waals surface area contributed by atoms with E-state index in [1.807, 2.05) is 42.5 Å². The number of fused-ring (bicyclic) bond motifs is 1. The zero-order chi connectivity index (χ0) is 30.3. The van der Waals surface area contributed by atoms with E-state index in [9.17, 15) is 24.3 Å². The second-order valence-corrected chi connectivity index (χ2v) is 10.3. The molecule has 2 atom stereocenters. The third-order valence-electron chi connectivity index (χ3n) is 7.48. The Balaban J connectivity index is 1.37. The summed E-state index contributed by atoms with van der Waals surface area (Å²) in [5.41, 5.74) is 1.58. The van der Waals surface area contributed by atoms with Crippen LogP contribution >= 0.6 is 0 Å². The summed E-state index contributed by atoms with van der Waals surface area (Å²) in [6, 6.07) is 20.1. The predicted octanol–water partition coefficient (Wildman–Crippen LogP) is 3.40. The number of nitrogens with one attached hydrogen (secondary N) is 1. The maximum atomic E-state index is 13.9. The van der Waals surface area contributed by atoms with Gasteiger partial charge in [-0.15, -0.1) is 0 Å². The number of furan rings is 1. The minimum atomic E-state index is -1.12. The van der Waals surface area contributed by atoms with Crippen molar-refractivity contribution in [1.29, 1.82) is 0 Å². The van der Waals surface area contributed by atoms with E-state index in [4.69, 9.17) is 9.15 Å². The normalized spacial score (nSPS) is 15.6. The van der Waals surface area contributed by atoms with Crippen LogP contribution in [0, 0.1) is 0 Å². The van der Waals surface area contributed by atoms with Crippen molar-refractivity contribution in [3.8, 4) is 5.75 Å². The number of methoxy groups -OCH3 is 1. The highest BCUT2D eigenvalue weighted by atomic mass is 16.5. The van der Waals surface area contributed by atoms with E-state index < -0.39 is 23.8 Å². The second kappa shape index (κ2) is 13.2. The molecule has 1 aliphatic rings. The standard InChI is InChI=1S/C32H32N4O7/c1-42-28-19-26(33-24-11-6-5-10-23(24)28)30(39)34-25(13-14-29(37)38)31(40)35-15-16-36(32(41)27-12-7-17-43-27)22(20-35)18-21-8-3-2-4-9-21/h2-12,17,19,22,25H,13-16,18,20H2,1H3,(H,34,39)(H,37,38). The fourth-order valence-corrected chi connectivity index (χ4v) is 5.33. The topological polar surface area (TPSA) is 142 Å². The summed E-state index contributed by atoms with van der Waals surface area (Å²) < 4.78 is 10.8. The molecule has 2 N–H and O–H groups in total. The van der Waals surface area contributed by atoms with E-state index in [0.717, 1.165) is 10.9 Å². The molecule has 2 unspecified atom stereocenters. The number of nitrogens with zero attached hydrogens (tertiary/aromatic N) is 3. The van der Waals surface area contributed by atoms with Crippen molar-refractivity contribution < 1.29 is 33.4 Å². The molecule has 0 bridgehead atoms. The van der Waals surface area contributed by atoms with Crippen LogP contribution in [0.15, 0.2) is 83.5 Å². The molecule has 0 aliphatic carbocycles. The van der Waals surface area contributed by atoms with Crippen LogP contribution in [0.1, 0.15) is 39.4 Å². The Labute approximate surface area is 248 Å². The monoisotopic (exact) mass is 584 g/mol. The molecule has 2 aromatic carbocycles. The van der Waals surface area contributed by atoms with Gasteiger partial charge in [0.2, 0.25) is 5.91 Å². The van der Waals surface area contributed by atoms with Gasteiger partial charge in [-0.3, -0.25) is 19.2 Å². The maximum Gasteiger partial charge on any atom is 0.303 e. The molecule has 3 heterocycles. The number of para-hydroxylation sites is 1. The lowest BCUT2D eigenvalue weighted by Gasteiger charge is -2.42. The van der Waals surface area contributed by atoms with Gasteiger partial charge in [0, 0.05) is 37.5 Å². The van der Waals surface area contributed by atoms with Gasteiger partial charge in [0.25, 0.3) is 11.8 Å². The molecule has 1 aliphatic heterocycles. The SMILES string of the molecule is COc1cc(C(=O)NC(CCC(=O)O)C(=O)N2CCN(C(=O)c3ccco3)C(Cc3ccccc3)C2)nc2ccccc12. The molecule has 3 amide bonds. The first-order chi connectivity index (χ1) is 20.8. The molecule has 11 heteroatoms. The molecule has 222 valence electrons. The molecular weight excluding hydrogens is 552 g/mol. The van der Waals surface area contributed by atoms with Crippen molar-refractivity contribution in [1.82, 2.24) is 20.1 Å². The molecule has 5 rings (SSSR count). The first-order valence-electron chi connectivity index (χ1n) is 14.0. The highest BCUT2D eigenvalue weighted by molar-refractivity contribution is 5.99. The van der Waals surface area contributed by atoms with Gasteiger partial charge in [0.15, 0.2) is 5.76 Å². The summed E-state index contributed by atoms with van der Waals surface area (Å²) in [5.74, 6) is -1.75. The van der Waals surface area contributed by atoms with Crippen LogP contribution in [-0.4, -0.2) is 82.4 Å². The fraction of sp³-hybridized carbons (Fsp3) is 0.281. The molecule has 2 aromatic heterocycles. The number of rotatable bonds is 10. The van der Waals surface area contributed by atoms with E-state index >= 15 is 0 Å². The largest absolute Gasteiger partial charge is 0.496 e. The Hall–Kier alpha value is -5.19. The van der Waals surface area contributed by atoms with Gasteiger partial charge >= 0.3 is 5.97 Å². The van der Waals surface area contributed by atoms with Crippen molar-refractivity contribution >= 4 is 34.6 Å². The van der Waals surface area contributed by atoms with Gasteiger partial charge in [-0.1, -0.05) is 42.5 Å². The number of carbonyl (C=O) groups excluding carboxylic acids is 3. The number of hydrogen-bond acceptors (Lipinski definition) is 7. The lowest BCUT2D eigenvalue weighted by Crippen LogP contribution is -2.60. The Kier molecular flexibility index (Phi) is 8.99. The molecule has 1 saturated heterocycles. The number of amides is 3. The third-order valence-corrected chi connectivity index (χ3v) is 7.48. The Bertz CT molecular complexity index is 1610. The quantitative estimate of drug-likeness (QED) is 0.289. The Morgan fingerprint density at radius 1 is 1.05 bits per heavy atom. The molecule has 43 heavy (non-hydrogen) atoms. The zero-order valence-corrected chi connectivity index (χ0v) is 23.6. The average Bonchev–Trinajstić information content (AvgIpc) is 3.57. The van der Waals surface area contributed by atoms with Crippen LogP contribution in [0.25, 0.3) is 10.9 Å². The van der Waals surface area contributed by atoms with Gasteiger partial charge in [-0.2, -0.15) is 0 Å². The number of hydrogen-bond donors (Lipinski definition) is 2. The van der Waals surface area contributed by atoms with Gasteiger partial charge < -0.3 is 29.4 Å². The first-order valence-corrected chi connectivity index (χ1v) is 14.0. The van der Waals surface area contributed by atoms with Gasteiger partial charge in [-0.05, 0) is 42.7 Å². The first kappa shape index (κ1) is 29.3. The summed E-state index contributed by atoms with van der Waals surface area (Å²) in [6.45, 7) is 0.644. The molecule has 1 fully saturated rings. The van der Waals surface area contributed by atoms with Crippen molar-refractivity contribution in [2.45, 2.75) is 31.3 Å². The molecule has 11 nitrogen and oxygen atoms in total. The highest BCUT2D eigenvalue weighted by Gasteiger charge is 2.36. The molecule has 0 saturated carbocycles. The average molecular weight is 585 g/mol. The zero-order valence-electron chi connectivity index (χ0n) is 23.6. The number of carbonyl (C=O) groups is 4. The molecular formula is C32H32N4O7. The summed E-state index contributed by atoms with van der Waals surface area (Å²) in [4.78, 5) is 59.7. The third kappa shape index (κ3) is 6.83. The number of piperazine rings is 1. The van der Waals surface area contributed by atoms with Gasteiger partial charge in [-0.25, -0.2) is 4.98 Å². The van der Waals surface area contributed by atoms with E-state index in [1.165, 1.54) is 19.4 Å². The predicted molar refractivity (Wildman–Crippen MR) is 157 cm³/mol. The molecule has 0 spiro atoms. The number of ether oxygens (including phenoxy) is 1. The fourth-order valence-electron chi connectivity index (χ4n) is 5.33. The van der Waals surface area contributed by atoms with E-state index in [1.54, 1.807) is 34.1 Å². The van der Waals surface area contributed by atoms with Crippen LogP contribution < -0.4 is 10.1 Å². The summed E-state index contributed by atoms with van der Waals surface area (Å²) in [5, 5.41) is 12.8. The summed E-state index contributed by atoms with van der Waals surface area (Å²) in [7, 11) is 1.49. The number of aromatic nitrogens is 1. The van der Waals surface area contributed by atoms with Crippen LogP contribution in [0.2, 0.25) is 0 Å². The number of aliphatic carboxylic acids is 1. The summed E-state index contributed by atoms with van der Waals surface area (Å²) in [6.07, 6.45) is 1.49. The van der Waals surface area contributed by atoms with Gasteiger partial charge in [0.1, 0.15) is 17.5 Å². The van der Waals surface area contributed by atoms with Crippen molar-refractivity contribution in [3.05, 3.63) is 96.1 Å². The highest BCUT2D eigenvalue weighted by Crippen LogP contribution is 2.25. The number of carboxylic acids is 1. The lowest BCUT2D eigenvalue weighted by molar-refractivity contribution is -0.138. The Morgan fingerprint density at radius 3 is 2.53 bits per heavy atom. The minimum absolute atomic E-state index is 0.0412. The second-order valence-electron chi connectivity index (χ2n) is 10.3. The molecule has 4 aromatic rings. The van der Waals surface area contributed by atoms with Crippen LogP contribution in [0.5, 0.6) is 5.75 Å². The van der Waals surface area contributed by atoms with Crippen LogP contribution in [-0.2, 0) is 16.0 Å².